The smallest absolute Gasteiger partial charge is 0.234 e. The molecule has 0 fully saturated rings. The summed E-state index contributed by atoms with van der Waals surface area (Å²) in [6, 6.07) is 8.16. The summed E-state index contributed by atoms with van der Waals surface area (Å²) in [7, 11) is 0. The second-order valence-corrected chi connectivity index (χ2v) is 5.03. The second kappa shape index (κ2) is 5.11. The molecule has 1 aliphatic rings. The van der Waals surface area contributed by atoms with Gasteiger partial charge in [-0.25, -0.2) is 0 Å². The first-order chi connectivity index (χ1) is 8.68. The van der Waals surface area contributed by atoms with Crippen molar-refractivity contribution < 1.29 is 4.79 Å². The van der Waals surface area contributed by atoms with Crippen LogP contribution in [0.5, 0.6) is 0 Å². The Bertz CT molecular complexity index is 430. The number of amides is 1. The summed E-state index contributed by atoms with van der Waals surface area (Å²) in [5, 5.41) is 0. The molecule has 1 amide bonds. The van der Waals surface area contributed by atoms with Gasteiger partial charge in [0.15, 0.2) is 0 Å². The molecule has 0 saturated heterocycles. The Morgan fingerprint density at radius 1 is 1.33 bits per heavy atom. The number of carbonyl (C=O) groups is 1. The number of fused-ring (bicyclic) bond motifs is 1. The molecule has 0 bridgehead atoms. The van der Waals surface area contributed by atoms with Crippen molar-refractivity contribution in [2.75, 3.05) is 18.0 Å². The first-order valence-electron chi connectivity index (χ1n) is 6.78. The molecule has 0 unspecified atom stereocenters. The van der Waals surface area contributed by atoms with Crippen LogP contribution in [0.2, 0.25) is 0 Å². The van der Waals surface area contributed by atoms with Gasteiger partial charge in [0.05, 0.1) is 5.41 Å². The monoisotopic (exact) mass is 246 g/mol. The molecule has 0 radical (unpaired) electrons. The number of rotatable bonds is 4. The van der Waals surface area contributed by atoms with E-state index in [0.29, 0.717) is 6.54 Å². The molecule has 0 aliphatic carbocycles. The molecule has 98 valence electrons. The summed E-state index contributed by atoms with van der Waals surface area (Å²) in [4.78, 5) is 14.7. The molecule has 0 saturated carbocycles. The van der Waals surface area contributed by atoms with Crippen molar-refractivity contribution in [3.05, 3.63) is 29.8 Å². The van der Waals surface area contributed by atoms with Gasteiger partial charge in [0.25, 0.3) is 0 Å². The lowest BCUT2D eigenvalue weighted by Crippen LogP contribution is -2.47. The Balaban J connectivity index is 2.31. The summed E-state index contributed by atoms with van der Waals surface area (Å²) < 4.78 is 0. The summed E-state index contributed by atoms with van der Waals surface area (Å²) in [5.41, 5.74) is 7.82. The summed E-state index contributed by atoms with van der Waals surface area (Å²) in [5.74, 6) is 0.194. The van der Waals surface area contributed by atoms with Crippen molar-refractivity contribution in [1.82, 2.24) is 0 Å². The minimum Gasteiger partial charge on any atom is -0.329 e. The van der Waals surface area contributed by atoms with Crippen LogP contribution in [0.3, 0.4) is 0 Å². The van der Waals surface area contributed by atoms with E-state index in [4.69, 9.17) is 5.73 Å². The molecule has 3 heteroatoms. The zero-order valence-corrected chi connectivity index (χ0v) is 11.3. The molecular weight excluding hydrogens is 224 g/mol. The van der Waals surface area contributed by atoms with Gasteiger partial charge in [0.2, 0.25) is 5.91 Å². The van der Waals surface area contributed by atoms with Crippen LogP contribution in [0.15, 0.2) is 24.3 Å². The lowest BCUT2D eigenvalue weighted by molar-refractivity contribution is -0.128. The van der Waals surface area contributed by atoms with Crippen LogP contribution >= 0.6 is 0 Å². The molecule has 2 rings (SSSR count). The molecule has 2 N–H and O–H groups in total. The fourth-order valence-electron chi connectivity index (χ4n) is 2.76. The minimum atomic E-state index is -0.391. The number of carbonyl (C=O) groups excluding carboxylic acids is 1. The lowest BCUT2D eigenvalue weighted by Gasteiger charge is -2.33. The highest BCUT2D eigenvalue weighted by molar-refractivity contribution is 5.99. The normalized spacial score (nSPS) is 14.7. The summed E-state index contributed by atoms with van der Waals surface area (Å²) >= 11 is 0. The van der Waals surface area contributed by atoms with Crippen LogP contribution < -0.4 is 10.6 Å². The SMILES string of the molecule is CCC(CC)(CN)C(=O)N1CCc2ccccc21. The van der Waals surface area contributed by atoms with Crippen LogP contribution in [0.25, 0.3) is 0 Å². The maximum Gasteiger partial charge on any atom is 0.234 e. The maximum atomic E-state index is 12.8. The average Bonchev–Trinajstić information content (AvgIpc) is 2.85. The summed E-state index contributed by atoms with van der Waals surface area (Å²) in [6.45, 7) is 5.32. The molecule has 0 aromatic heterocycles. The minimum absolute atomic E-state index is 0.194. The van der Waals surface area contributed by atoms with E-state index in [0.717, 1.165) is 31.5 Å². The van der Waals surface area contributed by atoms with Gasteiger partial charge in [-0.3, -0.25) is 4.79 Å². The predicted octanol–water partition coefficient (Wildman–Crippen LogP) is 2.34. The van der Waals surface area contributed by atoms with Crippen LogP contribution in [0.4, 0.5) is 5.69 Å². The third-order valence-corrected chi connectivity index (χ3v) is 4.33. The molecule has 1 heterocycles. The van der Waals surface area contributed by atoms with Gasteiger partial charge in [-0.15, -0.1) is 0 Å². The molecule has 3 nitrogen and oxygen atoms in total. The van der Waals surface area contributed by atoms with Crippen molar-refractivity contribution in [3.63, 3.8) is 0 Å². The number of nitrogens with two attached hydrogens (primary N) is 1. The highest BCUT2D eigenvalue weighted by atomic mass is 16.2. The number of anilines is 1. The van der Waals surface area contributed by atoms with Crippen molar-refractivity contribution in [3.8, 4) is 0 Å². The number of hydrogen-bond donors (Lipinski definition) is 1. The standard InChI is InChI=1S/C15H22N2O/c1-3-15(4-2,11-16)14(18)17-10-9-12-7-5-6-8-13(12)17/h5-8H,3-4,9-11,16H2,1-2H3. The predicted molar refractivity (Wildman–Crippen MR) is 74.6 cm³/mol. The van der Waals surface area contributed by atoms with Gasteiger partial charge in [-0.1, -0.05) is 32.0 Å². The average molecular weight is 246 g/mol. The van der Waals surface area contributed by atoms with Gasteiger partial charge in [0, 0.05) is 18.8 Å². The molecular formula is C15H22N2O. The first kappa shape index (κ1) is 13.1. The van der Waals surface area contributed by atoms with Crippen molar-refractivity contribution in [2.24, 2.45) is 11.1 Å². The largest absolute Gasteiger partial charge is 0.329 e. The van der Waals surface area contributed by atoms with Crippen LogP contribution in [-0.2, 0) is 11.2 Å². The number of nitrogens with zero attached hydrogens (tertiary/aromatic N) is 1. The Morgan fingerprint density at radius 3 is 2.61 bits per heavy atom. The van der Waals surface area contributed by atoms with Gasteiger partial charge < -0.3 is 10.6 Å². The fourth-order valence-corrected chi connectivity index (χ4v) is 2.76. The number of hydrogen-bond acceptors (Lipinski definition) is 2. The highest BCUT2D eigenvalue weighted by Crippen LogP contribution is 2.34. The fraction of sp³-hybridized carbons (Fsp3) is 0.533. The molecule has 0 spiro atoms. The van der Waals surface area contributed by atoms with Gasteiger partial charge in [-0.2, -0.15) is 0 Å². The van der Waals surface area contributed by atoms with Crippen molar-refractivity contribution >= 4 is 11.6 Å². The van der Waals surface area contributed by atoms with Gasteiger partial charge >= 0.3 is 0 Å². The van der Waals surface area contributed by atoms with Crippen LogP contribution in [0, 0.1) is 5.41 Å². The van der Waals surface area contributed by atoms with E-state index in [9.17, 15) is 4.79 Å². The lowest BCUT2D eigenvalue weighted by atomic mass is 9.81. The molecule has 1 aromatic rings. The van der Waals surface area contributed by atoms with Crippen LogP contribution in [-0.4, -0.2) is 19.0 Å². The quantitative estimate of drug-likeness (QED) is 0.886. The Labute approximate surface area is 109 Å². The van der Waals surface area contributed by atoms with E-state index in [-0.39, 0.29) is 5.91 Å². The van der Waals surface area contributed by atoms with E-state index in [1.165, 1.54) is 5.56 Å². The topological polar surface area (TPSA) is 46.3 Å². The van der Waals surface area contributed by atoms with E-state index in [2.05, 4.69) is 19.9 Å². The van der Waals surface area contributed by atoms with E-state index < -0.39 is 5.41 Å². The highest BCUT2D eigenvalue weighted by Gasteiger charge is 2.39. The van der Waals surface area contributed by atoms with E-state index in [1.807, 2.05) is 23.1 Å². The molecule has 1 aromatic carbocycles. The maximum absolute atomic E-state index is 12.8. The third kappa shape index (κ3) is 1.93. The number of benzene rings is 1. The van der Waals surface area contributed by atoms with Gasteiger partial charge in [0.1, 0.15) is 0 Å². The third-order valence-electron chi connectivity index (χ3n) is 4.33. The number of para-hydroxylation sites is 1. The molecule has 1 aliphatic heterocycles. The Morgan fingerprint density at radius 2 is 2.00 bits per heavy atom. The van der Waals surface area contributed by atoms with Crippen molar-refractivity contribution in [1.29, 1.82) is 0 Å². The summed E-state index contributed by atoms with van der Waals surface area (Å²) in [6.07, 6.45) is 2.56. The van der Waals surface area contributed by atoms with Crippen LogP contribution in [0.1, 0.15) is 32.3 Å². The Hall–Kier alpha value is -1.35. The van der Waals surface area contributed by atoms with Crippen molar-refractivity contribution in [2.45, 2.75) is 33.1 Å². The molecule has 0 atom stereocenters. The Kier molecular flexibility index (Phi) is 3.71. The zero-order chi connectivity index (χ0) is 13.2. The van der Waals surface area contributed by atoms with Gasteiger partial charge in [-0.05, 0) is 30.9 Å². The first-order valence-corrected chi connectivity index (χ1v) is 6.78. The van der Waals surface area contributed by atoms with E-state index >= 15 is 0 Å². The molecule has 18 heavy (non-hydrogen) atoms. The second-order valence-electron chi connectivity index (χ2n) is 5.03. The zero-order valence-electron chi connectivity index (χ0n) is 11.3. The van der Waals surface area contributed by atoms with E-state index in [1.54, 1.807) is 0 Å².